The zero-order valence-corrected chi connectivity index (χ0v) is 16.3. The molecule has 0 fully saturated rings. The van der Waals surface area contributed by atoms with E-state index in [9.17, 15) is 13.2 Å². The molecule has 2 aromatic rings. The lowest BCUT2D eigenvalue weighted by Gasteiger charge is -2.17. The van der Waals surface area contributed by atoms with E-state index in [4.69, 9.17) is 0 Å². The number of rotatable bonds is 7. The molecule has 0 unspecified atom stereocenters. The van der Waals surface area contributed by atoms with Crippen molar-refractivity contribution >= 4 is 33.4 Å². The van der Waals surface area contributed by atoms with Crippen LogP contribution in [0, 0.1) is 6.92 Å². The highest BCUT2D eigenvalue weighted by atomic mass is 32.2. The molecule has 1 aliphatic heterocycles. The third-order valence-corrected chi connectivity index (χ3v) is 6.70. The van der Waals surface area contributed by atoms with Crippen molar-refractivity contribution in [3.05, 3.63) is 59.2 Å². The Kier molecular flexibility index (Phi) is 6.01. The largest absolute Gasteiger partial charge is 0.326 e. The second-order valence-electron chi connectivity index (χ2n) is 6.30. The highest BCUT2D eigenvalue weighted by molar-refractivity contribution is 7.98. The second kappa shape index (κ2) is 8.24. The van der Waals surface area contributed by atoms with Crippen molar-refractivity contribution in [1.82, 2.24) is 4.72 Å². The predicted molar refractivity (Wildman–Crippen MR) is 106 cm³/mol. The maximum atomic E-state index is 12.4. The van der Waals surface area contributed by atoms with Gasteiger partial charge in [0.05, 0.1) is 4.90 Å². The average Bonchev–Trinajstić information content (AvgIpc) is 2.62. The van der Waals surface area contributed by atoms with E-state index in [1.165, 1.54) is 17.2 Å². The summed E-state index contributed by atoms with van der Waals surface area (Å²) in [7, 11) is -3.53. The van der Waals surface area contributed by atoms with Gasteiger partial charge in [0.25, 0.3) is 0 Å². The molecule has 0 atom stereocenters. The molecule has 2 N–H and O–H groups in total. The van der Waals surface area contributed by atoms with E-state index >= 15 is 0 Å². The van der Waals surface area contributed by atoms with Crippen molar-refractivity contribution in [2.75, 3.05) is 17.6 Å². The van der Waals surface area contributed by atoms with Crippen molar-refractivity contribution in [3.63, 3.8) is 0 Å². The summed E-state index contributed by atoms with van der Waals surface area (Å²) in [4.78, 5) is 11.6. The minimum Gasteiger partial charge on any atom is -0.326 e. The Hall–Kier alpha value is -1.83. The Balaban J connectivity index is 1.51. The first-order chi connectivity index (χ1) is 12.4. The average molecular weight is 391 g/mol. The number of thioether (sulfide) groups is 1. The molecule has 0 spiro atoms. The number of amides is 1. The third-order valence-electron chi connectivity index (χ3n) is 4.21. The molecule has 0 aliphatic carbocycles. The fourth-order valence-corrected chi connectivity index (χ4v) is 4.76. The van der Waals surface area contributed by atoms with Crippen LogP contribution in [-0.4, -0.2) is 26.6 Å². The van der Waals surface area contributed by atoms with Gasteiger partial charge in [-0.25, -0.2) is 13.1 Å². The van der Waals surface area contributed by atoms with Gasteiger partial charge in [0.2, 0.25) is 15.9 Å². The normalized spacial score (nSPS) is 14.0. The van der Waals surface area contributed by atoms with Crippen molar-refractivity contribution in [2.24, 2.45) is 0 Å². The van der Waals surface area contributed by atoms with Crippen LogP contribution in [0.1, 0.15) is 23.1 Å². The van der Waals surface area contributed by atoms with E-state index in [0.29, 0.717) is 30.8 Å². The molecular formula is C19H22N2O3S2. The Labute approximate surface area is 158 Å². The Bertz CT molecular complexity index is 894. The molecule has 0 radical (unpaired) electrons. The molecule has 2 aromatic carbocycles. The first-order valence-corrected chi connectivity index (χ1v) is 11.1. The number of hydrogen-bond donors (Lipinski definition) is 2. The van der Waals surface area contributed by atoms with Crippen LogP contribution in [0.15, 0.2) is 47.4 Å². The molecule has 0 saturated carbocycles. The van der Waals surface area contributed by atoms with Crippen molar-refractivity contribution in [3.8, 4) is 0 Å². The van der Waals surface area contributed by atoms with Gasteiger partial charge in [-0.15, -0.1) is 0 Å². The number of aryl methyl sites for hydroxylation is 2. The van der Waals surface area contributed by atoms with Gasteiger partial charge in [0.15, 0.2) is 0 Å². The van der Waals surface area contributed by atoms with E-state index in [1.807, 2.05) is 0 Å². The SMILES string of the molecule is Cc1ccc(CSCCNS(=O)(=O)c2ccc3c(c2)CCC(=O)N3)cc1. The fourth-order valence-electron chi connectivity index (χ4n) is 2.73. The van der Waals surface area contributed by atoms with Crippen LogP contribution in [0.25, 0.3) is 0 Å². The summed E-state index contributed by atoms with van der Waals surface area (Å²) < 4.78 is 27.5. The van der Waals surface area contributed by atoms with Crippen LogP contribution in [0.2, 0.25) is 0 Å². The van der Waals surface area contributed by atoms with Gasteiger partial charge in [0.1, 0.15) is 0 Å². The number of anilines is 1. The van der Waals surface area contributed by atoms with Crippen LogP contribution in [0.5, 0.6) is 0 Å². The lowest BCUT2D eigenvalue weighted by Crippen LogP contribution is -2.26. The molecular weight excluding hydrogens is 368 g/mol. The summed E-state index contributed by atoms with van der Waals surface area (Å²) in [6.45, 7) is 2.44. The zero-order valence-electron chi connectivity index (χ0n) is 14.6. The van der Waals surface area contributed by atoms with Crippen molar-refractivity contribution < 1.29 is 13.2 Å². The summed E-state index contributed by atoms with van der Waals surface area (Å²) in [5, 5.41) is 2.76. The van der Waals surface area contributed by atoms with E-state index in [2.05, 4.69) is 41.2 Å². The van der Waals surface area contributed by atoms with Crippen LogP contribution in [0.4, 0.5) is 5.69 Å². The molecule has 138 valence electrons. The van der Waals surface area contributed by atoms with Crippen LogP contribution < -0.4 is 10.0 Å². The van der Waals surface area contributed by atoms with E-state index in [1.54, 1.807) is 23.9 Å². The van der Waals surface area contributed by atoms with Gasteiger partial charge >= 0.3 is 0 Å². The molecule has 1 heterocycles. The maximum Gasteiger partial charge on any atom is 0.240 e. The van der Waals surface area contributed by atoms with Crippen LogP contribution in [0.3, 0.4) is 0 Å². The van der Waals surface area contributed by atoms with E-state index in [0.717, 1.165) is 11.3 Å². The number of hydrogen-bond acceptors (Lipinski definition) is 4. The highest BCUT2D eigenvalue weighted by Crippen LogP contribution is 2.25. The van der Waals surface area contributed by atoms with Gasteiger partial charge in [-0.3, -0.25) is 4.79 Å². The highest BCUT2D eigenvalue weighted by Gasteiger charge is 2.19. The summed E-state index contributed by atoms with van der Waals surface area (Å²) >= 11 is 1.70. The van der Waals surface area contributed by atoms with Gasteiger partial charge < -0.3 is 5.32 Å². The fraction of sp³-hybridized carbons (Fsp3) is 0.316. The summed E-state index contributed by atoms with van der Waals surface area (Å²) in [6, 6.07) is 13.2. The molecule has 0 bridgehead atoms. The smallest absolute Gasteiger partial charge is 0.240 e. The lowest BCUT2D eigenvalue weighted by atomic mass is 10.0. The Morgan fingerprint density at radius 3 is 2.65 bits per heavy atom. The van der Waals surface area contributed by atoms with Gasteiger partial charge in [-0.2, -0.15) is 11.8 Å². The van der Waals surface area contributed by atoms with E-state index < -0.39 is 10.0 Å². The first kappa shape index (κ1) is 18.9. The number of nitrogens with one attached hydrogen (secondary N) is 2. The van der Waals surface area contributed by atoms with Crippen molar-refractivity contribution in [1.29, 1.82) is 0 Å². The second-order valence-corrected chi connectivity index (χ2v) is 9.18. The molecule has 0 aromatic heterocycles. The Morgan fingerprint density at radius 1 is 1.12 bits per heavy atom. The summed E-state index contributed by atoms with van der Waals surface area (Å²) in [6.07, 6.45) is 0.955. The number of carbonyl (C=O) groups is 1. The Morgan fingerprint density at radius 2 is 1.88 bits per heavy atom. The lowest BCUT2D eigenvalue weighted by molar-refractivity contribution is -0.116. The minimum atomic E-state index is -3.53. The predicted octanol–water partition coefficient (Wildman–Crippen LogP) is 3.09. The van der Waals surface area contributed by atoms with Crippen molar-refractivity contribution in [2.45, 2.75) is 30.4 Å². The summed E-state index contributed by atoms with van der Waals surface area (Å²) in [5.74, 6) is 1.53. The van der Waals surface area contributed by atoms with Gasteiger partial charge in [0, 0.05) is 30.2 Å². The monoisotopic (exact) mass is 390 g/mol. The van der Waals surface area contributed by atoms with Crippen LogP contribution >= 0.6 is 11.8 Å². The molecule has 7 heteroatoms. The number of fused-ring (bicyclic) bond motifs is 1. The number of sulfonamides is 1. The molecule has 1 amide bonds. The number of carbonyl (C=O) groups excluding carboxylic acids is 1. The van der Waals surface area contributed by atoms with Gasteiger partial charge in [-0.1, -0.05) is 29.8 Å². The first-order valence-electron chi connectivity index (χ1n) is 8.50. The molecule has 26 heavy (non-hydrogen) atoms. The molecule has 0 saturated heterocycles. The molecule has 5 nitrogen and oxygen atoms in total. The minimum absolute atomic E-state index is 0.0307. The van der Waals surface area contributed by atoms with E-state index in [-0.39, 0.29) is 10.8 Å². The number of benzene rings is 2. The summed E-state index contributed by atoms with van der Waals surface area (Å²) in [5.41, 5.74) is 4.03. The zero-order chi connectivity index (χ0) is 18.6. The van der Waals surface area contributed by atoms with Gasteiger partial charge in [-0.05, 0) is 42.7 Å². The topological polar surface area (TPSA) is 75.3 Å². The molecule has 3 rings (SSSR count). The standard InChI is InChI=1S/C19H22N2O3S2/c1-14-2-4-15(5-3-14)13-25-11-10-20-26(23,24)17-7-8-18-16(12-17)6-9-19(22)21-18/h2-5,7-8,12,20H,6,9-11,13H2,1H3,(H,21,22). The molecule has 1 aliphatic rings. The quantitative estimate of drug-likeness (QED) is 0.713. The van der Waals surface area contributed by atoms with Crippen LogP contribution in [-0.2, 0) is 27.0 Å². The third kappa shape index (κ3) is 4.87. The maximum absolute atomic E-state index is 12.4.